The second-order valence-electron chi connectivity index (χ2n) is 6.52. The van der Waals surface area contributed by atoms with Gasteiger partial charge >= 0.3 is 5.97 Å². The van der Waals surface area contributed by atoms with Crippen molar-refractivity contribution < 1.29 is 19.1 Å². The van der Waals surface area contributed by atoms with Crippen molar-refractivity contribution in [3.05, 3.63) is 82.5 Å². The van der Waals surface area contributed by atoms with Gasteiger partial charge in [0.2, 0.25) is 5.91 Å². The fraction of sp³-hybridized carbons (Fsp3) is 0.174. The van der Waals surface area contributed by atoms with Crippen LogP contribution in [0.15, 0.2) is 60.8 Å². The van der Waals surface area contributed by atoms with E-state index >= 15 is 0 Å². The molecule has 0 aliphatic heterocycles. The highest BCUT2D eigenvalue weighted by Gasteiger charge is 2.18. The first kappa shape index (κ1) is 22.1. The second kappa shape index (κ2) is 10.4. The molecule has 0 saturated carbocycles. The molecule has 1 N–H and O–H groups in total. The van der Waals surface area contributed by atoms with E-state index in [0.717, 1.165) is 11.1 Å². The van der Waals surface area contributed by atoms with Gasteiger partial charge in [0.1, 0.15) is 23.7 Å². The third kappa shape index (κ3) is 5.96. The predicted octanol–water partition coefficient (Wildman–Crippen LogP) is 4.48. The summed E-state index contributed by atoms with van der Waals surface area (Å²) in [6.07, 6.45) is 4.40. The summed E-state index contributed by atoms with van der Waals surface area (Å²) >= 11 is 6.13. The number of anilines is 1. The minimum absolute atomic E-state index is 0.200. The number of ether oxygens (including phenoxy) is 2. The van der Waals surface area contributed by atoms with Gasteiger partial charge in [-0.3, -0.25) is 9.48 Å². The summed E-state index contributed by atoms with van der Waals surface area (Å²) < 4.78 is 12.1. The van der Waals surface area contributed by atoms with Gasteiger partial charge in [-0.05, 0) is 36.8 Å². The van der Waals surface area contributed by atoms with E-state index in [1.165, 1.54) is 17.0 Å². The van der Waals surface area contributed by atoms with Crippen LogP contribution in [0.2, 0.25) is 5.02 Å². The zero-order valence-corrected chi connectivity index (χ0v) is 17.9. The number of rotatable bonds is 8. The molecule has 7 nitrogen and oxygen atoms in total. The van der Waals surface area contributed by atoms with Crippen molar-refractivity contribution in [2.45, 2.75) is 13.5 Å². The van der Waals surface area contributed by atoms with Crippen LogP contribution in [0.4, 0.5) is 5.82 Å². The van der Waals surface area contributed by atoms with Crippen LogP contribution in [-0.4, -0.2) is 28.3 Å². The standard InChI is InChI=1S/C23H22ClN3O4/c1-3-30-23(29)19-14-25-27(2)22(19)26-21(28)13-10-16-8-11-18(12-9-16)31-15-17-6-4-5-7-20(17)24/h4-14H,3,15H2,1-2H3,(H,26,28)/b13-10+. The summed E-state index contributed by atoms with van der Waals surface area (Å²) in [7, 11) is 1.63. The van der Waals surface area contributed by atoms with Gasteiger partial charge in [-0.2, -0.15) is 5.10 Å². The molecular formula is C23H22ClN3O4. The highest BCUT2D eigenvalue weighted by atomic mass is 35.5. The van der Waals surface area contributed by atoms with Crippen LogP contribution in [0.3, 0.4) is 0 Å². The van der Waals surface area contributed by atoms with Gasteiger partial charge in [0.05, 0.1) is 12.8 Å². The number of hydrogen-bond donors (Lipinski definition) is 1. The molecule has 2 aromatic carbocycles. The van der Waals surface area contributed by atoms with Crippen molar-refractivity contribution in [3.8, 4) is 5.75 Å². The molecule has 1 aromatic heterocycles. The van der Waals surface area contributed by atoms with E-state index in [2.05, 4.69) is 10.4 Å². The molecule has 31 heavy (non-hydrogen) atoms. The number of nitrogens with one attached hydrogen (secondary N) is 1. The van der Waals surface area contributed by atoms with Gasteiger partial charge in [-0.25, -0.2) is 4.79 Å². The first-order chi connectivity index (χ1) is 15.0. The van der Waals surface area contributed by atoms with Crippen molar-refractivity contribution >= 4 is 35.4 Å². The number of carbonyl (C=O) groups is 2. The Hall–Kier alpha value is -3.58. The Bertz CT molecular complexity index is 1090. The maximum absolute atomic E-state index is 12.3. The monoisotopic (exact) mass is 439 g/mol. The Morgan fingerprint density at radius 3 is 2.61 bits per heavy atom. The molecule has 1 amide bonds. The molecule has 0 bridgehead atoms. The normalized spacial score (nSPS) is 10.8. The first-order valence-electron chi connectivity index (χ1n) is 9.62. The van der Waals surface area contributed by atoms with Crippen LogP contribution < -0.4 is 10.1 Å². The highest BCUT2D eigenvalue weighted by Crippen LogP contribution is 2.20. The quantitative estimate of drug-likeness (QED) is 0.413. The van der Waals surface area contributed by atoms with Crippen LogP contribution in [0.25, 0.3) is 6.08 Å². The van der Waals surface area contributed by atoms with E-state index in [9.17, 15) is 9.59 Å². The van der Waals surface area contributed by atoms with Crippen molar-refractivity contribution in [2.24, 2.45) is 7.05 Å². The summed E-state index contributed by atoms with van der Waals surface area (Å²) in [5.74, 6) is 0.0300. The predicted molar refractivity (Wildman–Crippen MR) is 119 cm³/mol. The summed E-state index contributed by atoms with van der Waals surface area (Å²) in [5, 5.41) is 7.32. The molecule has 8 heteroatoms. The van der Waals surface area contributed by atoms with E-state index in [-0.39, 0.29) is 18.0 Å². The summed E-state index contributed by atoms with van der Waals surface area (Å²) in [6, 6.07) is 14.8. The number of amides is 1. The lowest BCUT2D eigenvalue weighted by Gasteiger charge is -2.08. The van der Waals surface area contributed by atoms with Gasteiger partial charge in [-0.1, -0.05) is 41.9 Å². The number of halogens is 1. The second-order valence-corrected chi connectivity index (χ2v) is 6.93. The SMILES string of the molecule is CCOC(=O)c1cnn(C)c1NC(=O)/C=C/c1ccc(OCc2ccccc2Cl)cc1. The smallest absolute Gasteiger partial charge is 0.343 e. The van der Waals surface area contributed by atoms with Gasteiger partial charge in [0.15, 0.2) is 0 Å². The Morgan fingerprint density at radius 2 is 1.90 bits per heavy atom. The van der Waals surface area contributed by atoms with E-state index in [4.69, 9.17) is 21.1 Å². The number of esters is 1. The Kier molecular flexibility index (Phi) is 7.45. The third-order valence-electron chi connectivity index (χ3n) is 4.34. The summed E-state index contributed by atoms with van der Waals surface area (Å²) in [5.41, 5.74) is 1.92. The van der Waals surface area contributed by atoms with Crippen molar-refractivity contribution in [3.63, 3.8) is 0 Å². The third-order valence-corrected chi connectivity index (χ3v) is 4.70. The maximum atomic E-state index is 12.3. The Morgan fingerprint density at radius 1 is 1.16 bits per heavy atom. The molecule has 3 aromatic rings. The average molecular weight is 440 g/mol. The van der Waals surface area contributed by atoms with Gasteiger partial charge < -0.3 is 14.8 Å². The number of nitrogens with zero attached hydrogens (tertiary/aromatic N) is 2. The van der Waals surface area contributed by atoms with Gasteiger partial charge in [0, 0.05) is 23.7 Å². The Balaban J connectivity index is 1.58. The number of aromatic nitrogens is 2. The molecule has 1 heterocycles. The van der Waals surface area contributed by atoms with Crippen LogP contribution in [0, 0.1) is 0 Å². The van der Waals surface area contributed by atoms with E-state index in [0.29, 0.717) is 17.4 Å². The maximum Gasteiger partial charge on any atom is 0.343 e. The average Bonchev–Trinajstić information content (AvgIpc) is 3.13. The van der Waals surface area contributed by atoms with Crippen LogP contribution in [0.5, 0.6) is 5.75 Å². The van der Waals surface area contributed by atoms with Crippen LogP contribution in [0.1, 0.15) is 28.4 Å². The number of benzene rings is 2. The van der Waals surface area contributed by atoms with E-state index in [1.54, 1.807) is 20.0 Å². The Labute approximate surface area is 185 Å². The molecule has 160 valence electrons. The molecule has 0 saturated heterocycles. The molecule has 0 aliphatic carbocycles. The molecule has 0 unspecified atom stereocenters. The van der Waals surface area contributed by atoms with Crippen LogP contribution >= 0.6 is 11.6 Å². The molecule has 0 radical (unpaired) electrons. The molecule has 0 spiro atoms. The number of hydrogen-bond acceptors (Lipinski definition) is 5. The molecule has 0 atom stereocenters. The zero-order chi connectivity index (χ0) is 22.2. The highest BCUT2D eigenvalue weighted by molar-refractivity contribution is 6.31. The van der Waals surface area contributed by atoms with Crippen molar-refractivity contribution in [1.29, 1.82) is 0 Å². The molecular weight excluding hydrogens is 418 g/mol. The first-order valence-corrected chi connectivity index (χ1v) is 10.00. The summed E-state index contributed by atoms with van der Waals surface area (Å²) in [6.45, 7) is 2.31. The van der Waals surface area contributed by atoms with Crippen molar-refractivity contribution in [2.75, 3.05) is 11.9 Å². The number of aryl methyl sites for hydroxylation is 1. The minimum atomic E-state index is -0.540. The molecule has 0 aliphatic rings. The molecule has 3 rings (SSSR count). The van der Waals surface area contributed by atoms with Gasteiger partial charge in [0.25, 0.3) is 0 Å². The minimum Gasteiger partial charge on any atom is -0.489 e. The fourth-order valence-corrected chi connectivity index (χ4v) is 2.92. The molecule has 0 fully saturated rings. The lowest BCUT2D eigenvalue weighted by molar-refractivity contribution is -0.111. The zero-order valence-electron chi connectivity index (χ0n) is 17.2. The largest absolute Gasteiger partial charge is 0.489 e. The lowest BCUT2D eigenvalue weighted by Crippen LogP contribution is -2.15. The topological polar surface area (TPSA) is 82.5 Å². The van der Waals surface area contributed by atoms with E-state index < -0.39 is 11.9 Å². The lowest BCUT2D eigenvalue weighted by atomic mass is 10.2. The van der Waals surface area contributed by atoms with Gasteiger partial charge in [-0.15, -0.1) is 0 Å². The fourth-order valence-electron chi connectivity index (χ4n) is 2.73. The van der Waals surface area contributed by atoms with Crippen LogP contribution in [-0.2, 0) is 23.2 Å². The summed E-state index contributed by atoms with van der Waals surface area (Å²) in [4.78, 5) is 24.3. The van der Waals surface area contributed by atoms with E-state index in [1.807, 2.05) is 48.5 Å². The number of carbonyl (C=O) groups excluding carboxylic acids is 2. The van der Waals surface area contributed by atoms with Crippen molar-refractivity contribution in [1.82, 2.24) is 9.78 Å².